The largest absolute Gasteiger partial charge is 0.338 e. The number of thioether (sulfide) groups is 1. The number of rotatable bonds is 2. The lowest BCUT2D eigenvalue weighted by atomic mass is 9.87. The average molecular weight is 320 g/mol. The summed E-state index contributed by atoms with van der Waals surface area (Å²) >= 11 is 3.46. The standard InChI is InChI=1S/C13H16N6S2/c14-11-18-13(10-4-15-8-21-10)7-19(5-9(13)6-20-11)12-16-2-1-3-17-12/h1-4,8-9,11,18H,5-7,14H2. The summed E-state index contributed by atoms with van der Waals surface area (Å²) in [4.78, 5) is 16.5. The summed E-state index contributed by atoms with van der Waals surface area (Å²) in [5.74, 6) is 2.30. The van der Waals surface area contributed by atoms with Crippen LogP contribution in [-0.2, 0) is 5.54 Å². The Morgan fingerprint density at radius 3 is 3.00 bits per heavy atom. The van der Waals surface area contributed by atoms with Gasteiger partial charge in [-0.2, -0.15) is 0 Å². The maximum Gasteiger partial charge on any atom is 0.225 e. The molecule has 2 aromatic heterocycles. The van der Waals surface area contributed by atoms with Crippen molar-refractivity contribution in [2.24, 2.45) is 11.7 Å². The van der Waals surface area contributed by atoms with Crippen LogP contribution >= 0.6 is 23.1 Å². The Hall–Kier alpha value is -1.22. The van der Waals surface area contributed by atoms with E-state index >= 15 is 0 Å². The Bertz CT molecular complexity index is 606. The van der Waals surface area contributed by atoms with Gasteiger partial charge in [0, 0.05) is 48.2 Å². The van der Waals surface area contributed by atoms with E-state index in [0.29, 0.717) is 5.92 Å². The zero-order valence-electron chi connectivity index (χ0n) is 11.3. The van der Waals surface area contributed by atoms with Crippen LogP contribution in [0.2, 0.25) is 0 Å². The van der Waals surface area contributed by atoms with E-state index in [-0.39, 0.29) is 11.0 Å². The van der Waals surface area contributed by atoms with Crippen LogP contribution in [0.4, 0.5) is 5.95 Å². The van der Waals surface area contributed by atoms with Gasteiger partial charge in [-0.25, -0.2) is 9.97 Å². The monoisotopic (exact) mass is 320 g/mol. The van der Waals surface area contributed by atoms with Gasteiger partial charge in [-0.1, -0.05) is 0 Å². The van der Waals surface area contributed by atoms with E-state index in [0.717, 1.165) is 24.8 Å². The number of hydrogen-bond donors (Lipinski definition) is 2. The van der Waals surface area contributed by atoms with Gasteiger partial charge in [-0.05, 0) is 6.07 Å². The molecular weight excluding hydrogens is 304 g/mol. The molecule has 0 aromatic carbocycles. The molecule has 4 rings (SSSR count). The van der Waals surface area contributed by atoms with E-state index in [9.17, 15) is 0 Å². The lowest BCUT2D eigenvalue weighted by Crippen LogP contribution is -2.58. The summed E-state index contributed by atoms with van der Waals surface area (Å²) < 4.78 is 0. The molecule has 0 radical (unpaired) electrons. The van der Waals surface area contributed by atoms with E-state index < -0.39 is 0 Å². The second kappa shape index (κ2) is 5.20. The zero-order chi connectivity index (χ0) is 14.3. The highest BCUT2D eigenvalue weighted by Crippen LogP contribution is 2.44. The molecule has 2 aliphatic heterocycles. The van der Waals surface area contributed by atoms with Crippen molar-refractivity contribution in [3.8, 4) is 0 Å². The maximum absolute atomic E-state index is 6.15. The second-order valence-corrected chi connectivity index (χ2v) is 7.42. The fourth-order valence-corrected chi connectivity index (χ4v) is 5.16. The smallest absolute Gasteiger partial charge is 0.225 e. The first-order chi connectivity index (χ1) is 10.3. The second-order valence-electron chi connectivity index (χ2n) is 5.36. The van der Waals surface area contributed by atoms with Crippen molar-refractivity contribution in [1.29, 1.82) is 0 Å². The zero-order valence-corrected chi connectivity index (χ0v) is 13.0. The third kappa shape index (κ3) is 2.22. The quantitative estimate of drug-likeness (QED) is 0.849. The summed E-state index contributed by atoms with van der Waals surface area (Å²) in [6, 6.07) is 1.84. The first-order valence-corrected chi connectivity index (χ1v) is 8.76. The molecule has 110 valence electrons. The third-order valence-electron chi connectivity index (χ3n) is 4.16. The average Bonchev–Trinajstić information content (AvgIpc) is 3.15. The Morgan fingerprint density at radius 2 is 2.24 bits per heavy atom. The van der Waals surface area contributed by atoms with Crippen LogP contribution < -0.4 is 16.0 Å². The topological polar surface area (TPSA) is 80.0 Å². The Balaban J connectivity index is 1.71. The molecule has 4 heterocycles. The van der Waals surface area contributed by atoms with E-state index in [1.165, 1.54) is 4.88 Å². The number of hydrogen-bond acceptors (Lipinski definition) is 8. The van der Waals surface area contributed by atoms with E-state index in [1.54, 1.807) is 35.5 Å². The van der Waals surface area contributed by atoms with Gasteiger partial charge in [0.2, 0.25) is 5.95 Å². The van der Waals surface area contributed by atoms with Crippen molar-refractivity contribution in [2.75, 3.05) is 23.7 Å². The van der Waals surface area contributed by atoms with Gasteiger partial charge in [0.15, 0.2) is 0 Å². The van der Waals surface area contributed by atoms with Crippen LogP contribution in [-0.4, -0.2) is 39.3 Å². The lowest BCUT2D eigenvalue weighted by molar-refractivity contribution is 0.279. The number of nitrogens with zero attached hydrogens (tertiary/aromatic N) is 4. The van der Waals surface area contributed by atoms with Gasteiger partial charge in [0.05, 0.1) is 11.0 Å². The van der Waals surface area contributed by atoms with Gasteiger partial charge in [-0.15, -0.1) is 23.1 Å². The lowest BCUT2D eigenvalue weighted by Gasteiger charge is -2.41. The minimum atomic E-state index is -0.134. The molecule has 21 heavy (non-hydrogen) atoms. The molecule has 0 amide bonds. The minimum absolute atomic E-state index is 0.0417. The number of thiazole rings is 1. The van der Waals surface area contributed by atoms with Crippen molar-refractivity contribution in [3.63, 3.8) is 0 Å². The van der Waals surface area contributed by atoms with Crippen molar-refractivity contribution in [3.05, 3.63) is 35.0 Å². The highest BCUT2D eigenvalue weighted by molar-refractivity contribution is 7.99. The highest BCUT2D eigenvalue weighted by Gasteiger charge is 2.52. The van der Waals surface area contributed by atoms with Gasteiger partial charge in [0.25, 0.3) is 0 Å². The van der Waals surface area contributed by atoms with Gasteiger partial charge in [-0.3, -0.25) is 10.3 Å². The maximum atomic E-state index is 6.15. The minimum Gasteiger partial charge on any atom is -0.338 e. The first-order valence-electron chi connectivity index (χ1n) is 6.84. The number of nitrogens with one attached hydrogen (secondary N) is 1. The summed E-state index contributed by atoms with van der Waals surface area (Å²) in [5.41, 5.74) is 7.86. The number of fused-ring (bicyclic) bond motifs is 1. The molecule has 2 aliphatic rings. The molecule has 0 saturated carbocycles. The summed E-state index contributed by atoms with van der Waals surface area (Å²) in [6.07, 6.45) is 5.54. The summed E-state index contributed by atoms with van der Waals surface area (Å²) in [6.45, 7) is 1.77. The van der Waals surface area contributed by atoms with Crippen LogP contribution in [0, 0.1) is 5.92 Å². The van der Waals surface area contributed by atoms with Gasteiger partial charge in [0.1, 0.15) is 5.50 Å². The Kier molecular flexibility index (Phi) is 3.33. The number of aromatic nitrogens is 3. The van der Waals surface area contributed by atoms with E-state index in [4.69, 9.17) is 5.73 Å². The van der Waals surface area contributed by atoms with Crippen LogP contribution in [0.3, 0.4) is 0 Å². The molecule has 3 N–H and O–H groups in total. The van der Waals surface area contributed by atoms with Crippen LogP contribution in [0.1, 0.15) is 4.88 Å². The highest BCUT2D eigenvalue weighted by atomic mass is 32.2. The van der Waals surface area contributed by atoms with Gasteiger partial charge < -0.3 is 10.6 Å². The molecule has 8 heteroatoms. The molecule has 0 bridgehead atoms. The number of nitrogens with two attached hydrogens (primary N) is 1. The van der Waals surface area contributed by atoms with Crippen molar-refractivity contribution in [1.82, 2.24) is 20.3 Å². The Labute approximate surface area is 131 Å². The first kappa shape index (κ1) is 13.4. The van der Waals surface area contributed by atoms with Crippen molar-refractivity contribution >= 4 is 29.0 Å². The van der Waals surface area contributed by atoms with Crippen LogP contribution in [0.25, 0.3) is 0 Å². The van der Waals surface area contributed by atoms with E-state index in [2.05, 4.69) is 25.2 Å². The molecule has 2 saturated heterocycles. The van der Waals surface area contributed by atoms with Gasteiger partial charge >= 0.3 is 0 Å². The molecule has 3 atom stereocenters. The molecule has 2 aromatic rings. The molecule has 2 fully saturated rings. The predicted octanol–water partition coefficient (Wildman–Crippen LogP) is 0.843. The van der Waals surface area contributed by atoms with Crippen LogP contribution in [0.5, 0.6) is 0 Å². The molecule has 0 spiro atoms. The van der Waals surface area contributed by atoms with E-state index in [1.807, 2.05) is 17.8 Å². The summed E-state index contributed by atoms with van der Waals surface area (Å²) in [5, 5.41) is 3.61. The number of anilines is 1. The molecular formula is C13H16N6S2. The normalized spacial score (nSPS) is 32.1. The third-order valence-corrected chi connectivity index (χ3v) is 6.18. The van der Waals surface area contributed by atoms with Crippen molar-refractivity contribution < 1.29 is 0 Å². The fraction of sp³-hybridized carbons (Fsp3) is 0.462. The molecule has 6 nitrogen and oxygen atoms in total. The fourth-order valence-electron chi connectivity index (χ4n) is 3.18. The van der Waals surface area contributed by atoms with Crippen LogP contribution in [0.15, 0.2) is 30.2 Å². The molecule has 0 aliphatic carbocycles. The summed E-state index contributed by atoms with van der Waals surface area (Å²) in [7, 11) is 0. The Morgan fingerprint density at radius 1 is 1.38 bits per heavy atom. The van der Waals surface area contributed by atoms with Crippen molar-refractivity contribution in [2.45, 2.75) is 11.0 Å². The predicted molar refractivity (Wildman–Crippen MR) is 85.1 cm³/mol. The molecule has 3 unspecified atom stereocenters. The SMILES string of the molecule is NC1NC2(c3cncs3)CN(c3ncccn3)CC2CS1.